The first-order valence-corrected chi connectivity index (χ1v) is 7.24. The molecule has 0 spiro atoms. The summed E-state index contributed by atoms with van der Waals surface area (Å²) in [6, 6.07) is 8.33. The number of para-hydroxylation sites is 1. The zero-order chi connectivity index (χ0) is 13.0. The standard InChI is InChI=1S/C16H25NO/c1-3-16(18)14-8-4-5-9-15(14)17-11-6-7-13(2)10-12-17/h4-5,8-9,13,16,18H,3,6-7,10-12H2,1-2H3. The molecule has 2 rings (SSSR count). The zero-order valence-corrected chi connectivity index (χ0v) is 11.6. The van der Waals surface area contributed by atoms with E-state index in [0.29, 0.717) is 0 Å². The van der Waals surface area contributed by atoms with Crippen molar-refractivity contribution >= 4 is 5.69 Å². The molecule has 1 aliphatic rings. The van der Waals surface area contributed by atoms with E-state index in [4.69, 9.17) is 0 Å². The molecule has 2 unspecified atom stereocenters. The van der Waals surface area contributed by atoms with Crippen LogP contribution in [-0.2, 0) is 0 Å². The summed E-state index contributed by atoms with van der Waals surface area (Å²) < 4.78 is 0. The summed E-state index contributed by atoms with van der Waals surface area (Å²) in [5.74, 6) is 0.832. The Morgan fingerprint density at radius 3 is 2.83 bits per heavy atom. The monoisotopic (exact) mass is 247 g/mol. The second-order valence-corrected chi connectivity index (χ2v) is 5.51. The minimum atomic E-state index is -0.332. The molecule has 1 aromatic carbocycles. The van der Waals surface area contributed by atoms with Gasteiger partial charge in [0.15, 0.2) is 0 Å². The first kappa shape index (κ1) is 13.4. The summed E-state index contributed by atoms with van der Waals surface area (Å²) in [7, 11) is 0. The van der Waals surface area contributed by atoms with Gasteiger partial charge < -0.3 is 10.0 Å². The van der Waals surface area contributed by atoms with Crippen LogP contribution in [0.2, 0.25) is 0 Å². The minimum absolute atomic E-state index is 0.332. The normalized spacial score (nSPS) is 22.6. The second kappa shape index (κ2) is 6.24. The van der Waals surface area contributed by atoms with Gasteiger partial charge in [-0.1, -0.05) is 32.0 Å². The fourth-order valence-electron chi connectivity index (χ4n) is 2.78. The van der Waals surface area contributed by atoms with Crippen molar-refractivity contribution in [2.24, 2.45) is 5.92 Å². The topological polar surface area (TPSA) is 23.5 Å². The average Bonchev–Trinajstić information content (AvgIpc) is 2.62. The van der Waals surface area contributed by atoms with Crippen LogP contribution in [0.4, 0.5) is 5.69 Å². The summed E-state index contributed by atoms with van der Waals surface area (Å²) in [6.07, 6.45) is 4.30. The van der Waals surface area contributed by atoms with Crippen molar-refractivity contribution in [3.05, 3.63) is 29.8 Å². The SMILES string of the molecule is CCC(O)c1ccccc1N1CCCC(C)CC1. The molecule has 0 aromatic heterocycles. The van der Waals surface area contributed by atoms with Gasteiger partial charge in [-0.3, -0.25) is 0 Å². The molecule has 18 heavy (non-hydrogen) atoms. The van der Waals surface area contributed by atoms with E-state index in [1.807, 2.05) is 13.0 Å². The summed E-state index contributed by atoms with van der Waals surface area (Å²) in [6.45, 7) is 6.62. The summed E-state index contributed by atoms with van der Waals surface area (Å²) in [5.41, 5.74) is 2.33. The molecule has 2 nitrogen and oxygen atoms in total. The lowest BCUT2D eigenvalue weighted by Gasteiger charge is -2.27. The Bertz CT molecular complexity index is 377. The third-order valence-corrected chi connectivity index (χ3v) is 4.04. The van der Waals surface area contributed by atoms with Crippen molar-refractivity contribution in [2.75, 3.05) is 18.0 Å². The maximum atomic E-state index is 10.1. The van der Waals surface area contributed by atoms with Gasteiger partial charge >= 0.3 is 0 Å². The van der Waals surface area contributed by atoms with Crippen LogP contribution in [0.5, 0.6) is 0 Å². The number of rotatable bonds is 3. The molecule has 0 aliphatic carbocycles. The maximum absolute atomic E-state index is 10.1. The lowest BCUT2D eigenvalue weighted by molar-refractivity contribution is 0.174. The van der Waals surface area contributed by atoms with Crippen molar-refractivity contribution in [1.82, 2.24) is 0 Å². The smallest absolute Gasteiger partial charge is 0.0807 e. The van der Waals surface area contributed by atoms with Gasteiger partial charge in [0, 0.05) is 24.3 Å². The van der Waals surface area contributed by atoms with Crippen LogP contribution >= 0.6 is 0 Å². The highest BCUT2D eigenvalue weighted by Crippen LogP contribution is 2.30. The molecule has 1 fully saturated rings. The number of benzene rings is 1. The zero-order valence-electron chi connectivity index (χ0n) is 11.6. The number of nitrogens with zero attached hydrogens (tertiary/aromatic N) is 1. The van der Waals surface area contributed by atoms with Crippen LogP contribution in [0.3, 0.4) is 0 Å². The van der Waals surface area contributed by atoms with Gasteiger partial charge in [-0.05, 0) is 37.7 Å². The third kappa shape index (κ3) is 3.05. The molecule has 1 N–H and O–H groups in total. The van der Waals surface area contributed by atoms with Crippen molar-refractivity contribution < 1.29 is 5.11 Å². The van der Waals surface area contributed by atoms with Crippen molar-refractivity contribution in [3.63, 3.8) is 0 Å². The highest BCUT2D eigenvalue weighted by atomic mass is 16.3. The Hall–Kier alpha value is -1.02. The predicted molar refractivity (Wildman–Crippen MR) is 76.9 cm³/mol. The molecule has 1 heterocycles. The number of anilines is 1. The quantitative estimate of drug-likeness (QED) is 0.879. The lowest BCUT2D eigenvalue weighted by Crippen LogP contribution is -2.25. The highest BCUT2D eigenvalue weighted by Gasteiger charge is 2.18. The van der Waals surface area contributed by atoms with Crippen molar-refractivity contribution in [1.29, 1.82) is 0 Å². The Morgan fingerprint density at radius 2 is 2.06 bits per heavy atom. The molecule has 2 heteroatoms. The molecular formula is C16H25NO. The van der Waals surface area contributed by atoms with Gasteiger partial charge in [0.05, 0.1) is 6.10 Å². The van der Waals surface area contributed by atoms with E-state index in [9.17, 15) is 5.11 Å². The predicted octanol–water partition coefficient (Wildman–Crippen LogP) is 3.76. The molecular weight excluding hydrogens is 222 g/mol. The highest BCUT2D eigenvalue weighted by molar-refractivity contribution is 5.54. The van der Waals surface area contributed by atoms with Crippen LogP contribution in [-0.4, -0.2) is 18.2 Å². The van der Waals surface area contributed by atoms with Crippen molar-refractivity contribution in [2.45, 2.75) is 45.6 Å². The Kier molecular flexibility index (Phi) is 4.65. The molecule has 1 saturated heterocycles. The van der Waals surface area contributed by atoms with Crippen LogP contribution in [0, 0.1) is 5.92 Å². The van der Waals surface area contributed by atoms with Gasteiger partial charge in [0.1, 0.15) is 0 Å². The maximum Gasteiger partial charge on any atom is 0.0807 e. The van der Waals surface area contributed by atoms with E-state index in [2.05, 4.69) is 30.0 Å². The van der Waals surface area contributed by atoms with E-state index >= 15 is 0 Å². The van der Waals surface area contributed by atoms with Crippen LogP contribution in [0.1, 0.15) is 51.2 Å². The van der Waals surface area contributed by atoms with E-state index in [-0.39, 0.29) is 6.10 Å². The Morgan fingerprint density at radius 1 is 1.28 bits per heavy atom. The van der Waals surface area contributed by atoms with Gasteiger partial charge in [0.25, 0.3) is 0 Å². The number of hydrogen-bond donors (Lipinski definition) is 1. The first-order valence-electron chi connectivity index (χ1n) is 7.24. The van der Waals surface area contributed by atoms with E-state index in [1.165, 1.54) is 24.9 Å². The molecule has 0 saturated carbocycles. The molecule has 0 amide bonds. The number of hydrogen-bond acceptors (Lipinski definition) is 2. The molecule has 1 aromatic rings. The summed E-state index contributed by atoms with van der Waals surface area (Å²) in [4.78, 5) is 2.46. The van der Waals surface area contributed by atoms with Crippen LogP contribution in [0.15, 0.2) is 24.3 Å². The summed E-state index contributed by atoms with van der Waals surface area (Å²) >= 11 is 0. The average molecular weight is 247 g/mol. The Balaban J connectivity index is 2.21. The fraction of sp³-hybridized carbons (Fsp3) is 0.625. The molecule has 0 radical (unpaired) electrons. The third-order valence-electron chi connectivity index (χ3n) is 4.04. The Labute approximate surface area is 111 Å². The van der Waals surface area contributed by atoms with E-state index in [1.54, 1.807) is 0 Å². The summed E-state index contributed by atoms with van der Waals surface area (Å²) in [5, 5.41) is 10.1. The van der Waals surface area contributed by atoms with Crippen LogP contribution < -0.4 is 4.90 Å². The molecule has 1 aliphatic heterocycles. The molecule has 0 bridgehead atoms. The van der Waals surface area contributed by atoms with Gasteiger partial charge in [-0.15, -0.1) is 0 Å². The van der Waals surface area contributed by atoms with Gasteiger partial charge in [0.2, 0.25) is 0 Å². The molecule has 2 atom stereocenters. The van der Waals surface area contributed by atoms with Gasteiger partial charge in [-0.2, -0.15) is 0 Å². The fourth-order valence-corrected chi connectivity index (χ4v) is 2.78. The van der Waals surface area contributed by atoms with E-state index in [0.717, 1.165) is 31.0 Å². The second-order valence-electron chi connectivity index (χ2n) is 5.51. The molecule has 100 valence electrons. The number of aliphatic hydroxyl groups excluding tert-OH is 1. The first-order chi connectivity index (χ1) is 8.72. The number of aliphatic hydroxyl groups is 1. The van der Waals surface area contributed by atoms with Crippen molar-refractivity contribution in [3.8, 4) is 0 Å². The van der Waals surface area contributed by atoms with E-state index < -0.39 is 0 Å². The lowest BCUT2D eigenvalue weighted by atomic mass is 10.0. The van der Waals surface area contributed by atoms with Gasteiger partial charge in [-0.25, -0.2) is 0 Å². The largest absolute Gasteiger partial charge is 0.388 e. The van der Waals surface area contributed by atoms with Crippen LogP contribution in [0.25, 0.3) is 0 Å². The minimum Gasteiger partial charge on any atom is -0.388 e.